The number of nitrogens with one attached hydrogen (secondary N) is 3. The Kier molecular flexibility index (Phi) is 8.92. The third kappa shape index (κ3) is 6.94. The summed E-state index contributed by atoms with van der Waals surface area (Å²) >= 11 is 0. The molecule has 2 heterocycles. The Morgan fingerprint density at radius 1 is 1.26 bits per heavy atom. The number of aromatic nitrogens is 1. The van der Waals surface area contributed by atoms with Crippen LogP contribution in [-0.2, 0) is 21.4 Å². The van der Waals surface area contributed by atoms with Crippen molar-refractivity contribution in [1.29, 1.82) is 0 Å². The maximum Gasteiger partial charge on any atom is 0.323 e. The fraction of sp³-hybridized carbons (Fsp3) is 0.565. The van der Waals surface area contributed by atoms with Gasteiger partial charge in [0.25, 0.3) is 5.91 Å². The number of piperidine rings is 1. The Balaban J connectivity index is 1.64. The number of benzene rings is 1. The summed E-state index contributed by atoms with van der Waals surface area (Å²) < 4.78 is 28.0. The highest BCUT2D eigenvalue weighted by atomic mass is 32.2. The van der Waals surface area contributed by atoms with Crippen molar-refractivity contribution in [3.05, 3.63) is 30.0 Å². The van der Waals surface area contributed by atoms with Crippen molar-refractivity contribution >= 4 is 32.7 Å². The zero-order chi connectivity index (χ0) is 24.7. The van der Waals surface area contributed by atoms with E-state index in [-0.39, 0.29) is 17.2 Å². The van der Waals surface area contributed by atoms with Gasteiger partial charge < -0.3 is 25.4 Å². The summed E-state index contributed by atoms with van der Waals surface area (Å²) in [5, 5.41) is 27.2. The van der Waals surface area contributed by atoms with E-state index >= 15 is 0 Å². The summed E-state index contributed by atoms with van der Waals surface area (Å²) in [6, 6.07) is 3.41. The fourth-order valence-electron chi connectivity index (χ4n) is 4.14. The standard InChI is InChI=1S/C23H34N4O6S/c1-2-3-12-34(32,33)26-20(23(30)31)14-25-21(28)17-4-5-18-15-27(22(29)19(18)13-17)11-8-16-6-9-24-10-7-16/h4-5,13,15-16,20,24,26,29H,2-3,6-12,14H2,1H3,(H,25,28)(H,30,31). The number of carbonyl (C=O) groups is 2. The largest absolute Gasteiger partial charge is 0.494 e. The lowest BCUT2D eigenvalue weighted by Crippen LogP contribution is -2.48. The van der Waals surface area contributed by atoms with Crippen molar-refractivity contribution < 1.29 is 28.2 Å². The van der Waals surface area contributed by atoms with E-state index in [1.807, 2.05) is 13.1 Å². The van der Waals surface area contributed by atoms with Crippen LogP contribution in [0.25, 0.3) is 10.8 Å². The van der Waals surface area contributed by atoms with Crippen molar-refractivity contribution in [1.82, 2.24) is 19.9 Å². The maximum absolute atomic E-state index is 12.6. The van der Waals surface area contributed by atoms with E-state index in [1.165, 1.54) is 0 Å². The van der Waals surface area contributed by atoms with Crippen LogP contribution < -0.4 is 15.4 Å². The number of unbranched alkanes of at least 4 members (excludes halogenated alkanes) is 1. The van der Waals surface area contributed by atoms with E-state index in [2.05, 4.69) is 15.4 Å². The molecule has 0 saturated carbocycles. The topological polar surface area (TPSA) is 150 Å². The molecule has 1 aliphatic rings. The molecule has 0 spiro atoms. The first-order valence-corrected chi connectivity index (χ1v) is 13.4. The minimum Gasteiger partial charge on any atom is -0.494 e. The van der Waals surface area contributed by atoms with Gasteiger partial charge in [-0.15, -0.1) is 0 Å². The Labute approximate surface area is 199 Å². The molecule has 1 saturated heterocycles. The summed E-state index contributed by atoms with van der Waals surface area (Å²) in [5.74, 6) is -1.40. The van der Waals surface area contributed by atoms with Gasteiger partial charge in [0.05, 0.1) is 5.75 Å². The van der Waals surface area contributed by atoms with Gasteiger partial charge in [-0.05, 0) is 56.8 Å². The molecule has 10 nitrogen and oxygen atoms in total. The van der Waals surface area contributed by atoms with Crippen LogP contribution in [0.1, 0.15) is 49.4 Å². The van der Waals surface area contributed by atoms with Crippen LogP contribution in [0.3, 0.4) is 0 Å². The number of rotatable bonds is 12. The second kappa shape index (κ2) is 11.7. The number of aliphatic carboxylic acids is 1. The van der Waals surface area contributed by atoms with E-state index < -0.39 is 34.5 Å². The molecule has 0 aliphatic carbocycles. The number of hydrogen-bond donors (Lipinski definition) is 5. The Bertz CT molecular complexity index is 1110. The highest BCUT2D eigenvalue weighted by molar-refractivity contribution is 7.89. The van der Waals surface area contributed by atoms with Crippen LogP contribution >= 0.6 is 0 Å². The molecular weight excluding hydrogens is 460 g/mol. The fourth-order valence-corrected chi connectivity index (χ4v) is 5.54. The molecule has 1 aromatic heterocycles. The van der Waals surface area contributed by atoms with Gasteiger partial charge in [0.15, 0.2) is 5.88 Å². The predicted octanol–water partition coefficient (Wildman–Crippen LogP) is 1.64. The maximum atomic E-state index is 12.6. The van der Waals surface area contributed by atoms with Gasteiger partial charge in [-0.2, -0.15) is 4.72 Å². The van der Waals surface area contributed by atoms with Gasteiger partial charge in [-0.1, -0.05) is 19.4 Å². The Hall–Kier alpha value is -2.63. The van der Waals surface area contributed by atoms with Crippen LogP contribution in [0.15, 0.2) is 24.4 Å². The molecule has 0 bridgehead atoms. The number of nitrogens with zero attached hydrogens (tertiary/aromatic N) is 1. The first-order chi connectivity index (χ1) is 16.2. The number of aromatic hydroxyl groups is 1. The highest BCUT2D eigenvalue weighted by Gasteiger charge is 2.24. The van der Waals surface area contributed by atoms with Gasteiger partial charge in [0.2, 0.25) is 10.0 Å². The van der Waals surface area contributed by atoms with Gasteiger partial charge in [-0.25, -0.2) is 8.42 Å². The van der Waals surface area contributed by atoms with E-state index in [0.29, 0.717) is 30.7 Å². The number of fused-ring (bicyclic) bond motifs is 1. The second-order valence-corrected chi connectivity index (χ2v) is 10.7. The number of carbonyl (C=O) groups excluding carboxylic acids is 1. The van der Waals surface area contributed by atoms with Crippen molar-refractivity contribution in [2.45, 2.75) is 51.6 Å². The molecule has 0 radical (unpaired) electrons. The molecule has 5 N–H and O–H groups in total. The molecule has 188 valence electrons. The lowest BCUT2D eigenvalue weighted by molar-refractivity contribution is -0.138. The van der Waals surface area contributed by atoms with E-state index in [0.717, 1.165) is 37.7 Å². The van der Waals surface area contributed by atoms with Crippen LogP contribution in [0.4, 0.5) is 0 Å². The SMILES string of the molecule is CCCCS(=O)(=O)NC(CNC(=O)c1ccc2cn(CCC3CCNCC3)c(O)c2c1)C(=O)O. The second-order valence-electron chi connectivity index (χ2n) is 8.82. The number of amides is 1. The third-order valence-electron chi connectivity index (χ3n) is 6.21. The Morgan fingerprint density at radius 2 is 2.00 bits per heavy atom. The van der Waals surface area contributed by atoms with Crippen LogP contribution in [0.5, 0.6) is 5.88 Å². The van der Waals surface area contributed by atoms with E-state index in [9.17, 15) is 28.2 Å². The molecule has 1 aliphatic heterocycles. The molecule has 1 aromatic carbocycles. The predicted molar refractivity (Wildman–Crippen MR) is 129 cm³/mol. The smallest absolute Gasteiger partial charge is 0.323 e. The summed E-state index contributed by atoms with van der Waals surface area (Å²) in [7, 11) is -3.77. The lowest BCUT2D eigenvalue weighted by Gasteiger charge is -2.22. The lowest BCUT2D eigenvalue weighted by atomic mass is 9.95. The molecule has 1 fully saturated rings. The highest BCUT2D eigenvalue weighted by Crippen LogP contribution is 2.29. The monoisotopic (exact) mass is 494 g/mol. The van der Waals surface area contributed by atoms with Crippen LogP contribution in [-0.4, -0.2) is 66.5 Å². The van der Waals surface area contributed by atoms with Crippen LogP contribution in [0.2, 0.25) is 0 Å². The quantitative estimate of drug-likeness (QED) is 0.301. The molecule has 3 rings (SSSR count). The van der Waals surface area contributed by atoms with Gasteiger partial charge in [0.1, 0.15) is 6.04 Å². The number of hydrogen-bond acceptors (Lipinski definition) is 6. The normalized spacial score (nSPS) is 15.9. The minimum atomic E-state index is -3.77. The van der Waals surface area contributed by atoms with Crippen LogP contribution in [0, 0.1) is 5.92 Å². The number of carboxylic acids is 1. The summed E-state index contributed by atoms with van der Waals surface area (Å²) in [6.07, 6.45) is 6.14. The zero-order valence-electron chi connectivity index (χ0n) is 19.4. The number of sulfonamides is 1. The van der Waals surface area contributed by atoms with Crippen molar-refractivity contribution in [3.63, 3.8) is 0 Å². The molecule has 1 unspecified atom stereocenters. The third-order valence-corrected chi connectivity index (χ3v) is 7.68. The molecule has 11 heteroatoms. The molecule has 1 atom stereocenters. The Morgan fingerprint density at radius 3 is 2.68 bits per heavy atom. The van der Waals surface area contributed by atoms with Gasteiger partial charge in [-0.3, -0.25) is 9.59 Å². The summed E-state index contributed by atoms with van der Waals surface area (Å²) in [6.45, 7) is 4.16. The van der Waals surface area contributed by atoms with Crippen molar-refractivity contribution in [2.75, 3.05) is 25.4 Å². The first-order valence-electron chi connectivity index (χ1n) is 11.7. The number of carboxylic acid groups (broad SMARTS) is 1. The molecule has 34 heavy (non-hydrogen) atoms. The molecule has 1 amide bonds. The number of aryl methyl sites for hydroxylation is 1. The molecular formula is C23H34N4O6S. The van der Waals surface area contributed by atoms with E-state index in [4.69, 9.17) is 0 Å². The zero-order valence-corrected chi connectivity index (χ0v) is 20.2. The average molecular weight is 495 g/mol. The van der Waals surface area contributed by atoms with Gasteiger partial charge in [0, 0.05) is 35.6 Å². The average Bonchev–Trinajstić information content (AvgIpc) is 3.14. The first kappa shape index (κ1) is 26.0. The van der Waals surface area contributed by atoms with E-state index in [1.54, 1.807) is 22.8 Å². The minimum absolute atomic E-state index is 0.0886. The van der Waals surface area contributed by atoms with Crippen molar-refractivity contribution in [3.8, 4) is 5.88 Å². The van der Waals surface area contributed by atoms with Crippen molar-refractivity contribution in [2.24, 2.45) is 5.92 Å². The summed E-state index contributed by atoms with van der Waals surface area (Å²) in [4.78, 5) is 24.1. The molecule has 2 aromatic rings. The van der Waals surface area contributed by atoms with Gasteiger partial charge >= 0.3 is 5.97 Å². The summed E-state index contributed by atoms with van der Waals surface area (Å²) in [5.41, 5.74) is 0.247.